The summed E-state index contributed by atoms with van der Waals surface area (Å²) in [6, 6.07) is 10.00. The Bertz CT molecular complexity index is 819. The Labute approximate surface area is 165 Å². The average Bonchev–Trinajstić information content (AvgIpc) is 2.72. The highest BCUT2D eigenvalue weighted by molar-refractivity contribution is 5.93. The molecule has 0 radical (unpaired) electrons. The number of piperidine rings is 1. The second-order valence-corrected chi connectivity index (χ2v) is 7.48. The number of carbonyl (C=O) groups is 2. The number of nitrogens with zero attached hydrogens (tertiary/aromatic N) is 3. The van der Waals surface area contributed by atoms with E-state index in [4.69, 9.17) is 0 Å². The van der Waals surface area contributed by atoms with Gasteiger partial charge in [-0.1, -0.05) is 12.1 Å². The van der Waals surface area contributed by atoms with E-state index in [1.165, 1.54) is 17.0 Å². The third-order valence-corrected chi connectivity index (χ3v) is 5.17. The minimum absolute atomic E-state index is 0.0692. The lowest BCUT2D eigenvalue weighted by molar-refractivity contribution is -0.132. The van der Waals surface area contributed by atoms with E-state index in [9.17, 15) is 14.0 Å². The van der Waals surface area contributed by atoms with Crippen LogP contribution in [0.1, 0.15) is 46.8 Å². The largest absolute Gasteiger partial charge is 0.345 e. The first-order valence-corrected chi connectivity index (χ1v) is 9.64. The van der Waals surface area contributed by atoms with Crippen molar-refractivity contribution in [3.8, 4) is 0 Å². The molecule has 2 aromatic rings. The molecule has 1 saturated heterocycles. The number of halogens is 1. The maximum absolute atomic E-state index is 13.0. The Hall–Kier alpha value is -2.76. The van der Waals surface area contributed by atoms with Crippen molar-refractivity contribution >= 4 is 11.8 Å². The lowest BCUT2D eigenvalue weighted by Crippen LogP contribution is -2.39. The van der Waals surface area contributed by atoms with E-state index in [1.807, 2.05) is 11.0 Å². The van der Waals surface area contributed by atoms with Crippen LogP contribution in [0.3, 0.4) is 0 Å². The maximum atomic E-state index is 13.0. The highest BCUT2D eigenvalue weighted by Crippen LogP contribution is 2.26. The first-order chi connectivity index (χ1) is 13.4. The van der Waals surface area contributed by atoms with Crippen molar-refractivity contribution < 1.29 is 14.0 Å². The fraction of sp³-hybridized carbons (Fsp3) is 0.409. The lowest BCUT2D eigenvalue weighted by atomic mass is 9.93. The molecule has 2 heterocycles. The second-order valence-electron chi connectivity index (χ2n) is 7.48. The molecule has 1 fully saturated rings. The minimum Gasteiger partial charge on any atom is -0.345 e. The van der Waals surface area contributed by atoms with Crippen molar-refractivity contribution in [1.82, 2.24) is 14.8 Å². The van der Waals surface area contributed by atoms with Crippen LogP contribution >= 0.6 is 0 Å². The lowest BCUT2D eigenvalue weighted by Gasteiger charge is -2.32. The van der Waals surface area contributed by atoms with Gasteiger partial charge >= 0.3 is 0 Å². The Morgan fingerprint density at radius 3 is 2.57 bits per heavy atom. The zero-order valence-corrected chi connectivity index (χ0v) is 16.4. The number of benzene rings is 1. The van der Waals surface area contributed by atoms with Gasteiger partial charge in [-0.25, -0.2) is 4.39 Å². The predicted molar refractivity (Wildman–Crippen MR) is 106 cm³/mol. The molecule has 0 spiro atoms. The van der Waals surface area contributed by atoms with Crippen LogP contribution in [0.15, 0.2) is 42.6 Å². The van der Waals surface area contributed by atoms with Crippen LogP contribution in [0.25, 0.3) is 0 Å². The number of amides is 2. The van der Waals surface area contributed by atoms with Crippen LogP contribution in [0, 0.1) is 5.82 Å². The molecule has 0 bridgehead atoms. The Morgan fingerprint density at radius 2 is 1.93 bits per heavy atom. The monoisotopic (exact) mass is 383 g/mol. The first-order valence-electron chi connectivity index (χ1n) is 9.64. The molecular weight excluding hydrogens is 357 g/mol. The fourth-order valence-electron chi connectivity index (χ4n) is 3.54. The van der Waals surface area contributed by atoms with Crippen molar-refractivity contribution in [2.45, 2.75) is 31.6 Å². The summed E-state index contributed by atoms with van der Waals surface area (Å²) < 4.78 is 13.0. The molecule has 0 saturated carbocycles. The zero-order chi connectivity index (χ0) is 20.1. The summed E-state index contributed by atoms with van der Waals surface area (Å²) in [6.45, 7) is 1.41. The van der Waals surface area contributed by atoms with Gasteiger partial charge in [0.05, 0.1) is 5.56 Å². The summed E-state index contributed by atoms with van der Waals surface area (Å²) in [7, 11) is 3.43. The summed E-state index contributed by atoms with van der Waals surface area (Å²) in [5, 5.41) is 0. The molecule has 3 rings (SSSR count). The van der Waals surface area contributed by atoms with E-state index >= 15 is 0 Å². The molecule has 0 N–H and O–H groups in total. The van der Waals surface area contributed by atoms with Gasteiger partial charge in [-0.3, -0.25) is 14.6 Å². The molecule has 1 atom stereocenters. The van der Waals surface area contributed by atoms with Gasteiger partial charge < -0.3 is 9.80 Å². The number of hydrogen-bond donors (Lipinski definition) is 0. The molecule has 148 valence electrons. The Morgan fingerprint density at radius 1 is 1.18 bits per heavy atom. The van der Waals surface area contributed by atoms with Crippen LogP contribution < -0.4 is 0 Å². The molecule has 1 aromatic carbocycles. The van der Waals surface area contributed by atoms with Crippen molar-refractivity contribution in [2.24, 2.45) is 0 Å². The Balaban J connectivity index is 1.57. The van der Waals surface area contributed by atoms with Gasteiger partial charge in [-0.15, -0.1) is 0 Å². The Kier molecular flexibility index (Phi) is 6.39. The molecule has 1 aromatic heterocycles. The number of hydrogen-bond acceptors (Lipinski definition) is 3. The molecule has 0 unspecified atom stereocenters. The second kappa shape index (κ2) is 8.95. The third kappa shape index (κ3) is 4.94. The molecule has 1 aliphatic heterocycles. The maximum Gasteiger partial charge on any atom is 0.254 e. The number of rotatable bonds is 5. The topological polar surface area (TPSA) is 53.5 Å². The highest BCUT2D eigenvalue weighted by atomic mass is 19.1. The fourth-order valence-corrected chi connectivity index (χ4v) is 3.54. The van der Waals surface area contributed by atoms with Crippen LogP contribution in [-0.4, -0.2) is 53.8 Å². The summed E-state index contributed by atoms with van der Waals surface area (Å²) >= 11 is 0. The van der Waals surface area contributed by atoms with E-state index in [0.29, 0.717) is 24.9 Å². The normalized spacial score (nSPS) is 16.7. The van der Waals surface area contributed by atoms with Crippen LogP contribution in [0.2, 0.25) is 0 Å². The standard InChI is InChI=1S/C22H26FN3O2/c1-25(2)22(28)17-8-11-20(24-14-17)18-4-3-13-26(15-18)21(27)12-7-16-5-9-19(23)10-6-16/h5-6,8-11,14,18H,3-4,7,12-13,15H2,1-2H3/t18-/m1/s1. The number of pyridine rings is 1. The molecule has 0 aliphatic carbocycles. The van der Waals surface area contributed by atoms with Gasteiger partial charge in [0.25, 0.3) is 5.91 Å². The van der Waals surface area contributed by atoms with Gasteiger partial charge in [0.2, 0.25) is 5.91 Å². The summed E-state index contributed by atoms with van der Waals surface area (Å²) in [5.41, 5.74) is 2.45. The molecule has 5 nitrogen and oxygen atoms in total. The molecule has 6 heteroatoms. The third-order valence-electron chi connectivity index (χ3n) is 5.17. The number of aryl methyl sites for hydroxylation is 1. The van der Waals surface area contributed by atoms with Gasteiger partial charge in [0, 0.05) is 51.4 Å². The minimum atomic E-state index is -0.264. The van der Waals surface area contributed by atoms with E-state index in [-0.39, 0.29) is 23.5 Å². The summed E-state index contributed by atoms with van der Waals surface area (Å²) in [6.07, 6.45) is 4.57. The van der Waals surface area contributed by atoms with Crippen molar-refractivity contribution in [2.75, 3.05) is 27.2 Å². The first kappa shape index (κ1) is 20.0. The number of aromatic nitrogens is 1. The molecular formula is C22H26FN3O2. The smallest absolute Gasteiger partial charge is 0.254 e. The van der Waals surface area contributed by atoms with E-state index in [2.05, 4.69) is 4.98 Å². The molecule has 2 amide bonds. The van der Waals surface area contributed by atoms with Crippen molar-refractivity contribution in [3.63, 3.8) is 0 Å². The quantitative estimate of drug-likeness (QED) is 0.796. The highest BCUT2D eigenvalue weighted by Gasteiger charge is 2.25. The van der Waals surface area contributed by atoms with Gasteiger partial charge in [0.1, 0.15) is 5.82 Å². The summed E-state index contributed by atoms with van der Waals surface area (Å²) in [5.74, 6) is -0.0273. The van der Waals surface area contributed by atoms with Gasteiger partial charge in [0.15, 0.2) is 0 Å². The number of carbonyl (C=O) groups excluding carboxylic acids is 2. The van der Waals surface area contributed by atoms with Gasteiger partial charge in [-0.2, -0.15) is 0 Å². The molecule has 28 heavy (non-hydrogen) atoms. The SMILES string of the molecule is CN(C)C(=O)c1ccc([C@@H]2CCCN(C(=O)CCc3ccc(F)cc3)C2)nc1. The van der Waals surface area contributed by atoms with E-state index in [0.717, 1.165) is 30.6 Å². The van der Waals surface area contributed by atoms with Crippen molar-refractivity contribution in [3.05, 3.63) is 65.2 Å². The number of likely N-dealkylation sites (tertiary alicyclic amines) is 1. The van der Waals surface area contributed by atoms with Gasteiger partial charge in [-0.05, 0) is 49.1 Å². The van der Waals surface area contributed by atoms with E-state index in [1.54, 1.807) is 38.5 Å². The van der Waals surface area contributed by atoms with Crippen LogP contribution in [-0.2, 0) is 11.2 Å². The van der Waals surface area contributed by atoms with E-state index < -0.39 is 0 Å². The zero-order valence-electron chi connectivity index (χ0n) is 16.4. The predicted octanol–water partition coefficient (Wildman–Crippen LogP) is 3.26. The average molecular weight is 383 g/mol. The van der Waals surface area contributed by atoms with Crippen LogP contribution in [0.4, 0.5) is 4.39 Å². The van der Waals surface area contributed by atoms with Crippen LogP contribution in [0.5, 0.6) is 0 Å². The van der Waals surface area contributed by atoms with Crippen molar-refractivity contribution in [1.29, 1.82) is 0 Å². The molecule has 1 aliphatic rings. The summed E-state index contributed by atoms with van der Waals surface area (Å²) in [4.78, 5) is 32.5.